The van der Waals surface area contributed by atoms with Crippen LogP contribution in [-0.2, 0) is 6.42 Å². The Hall–Kier alpha value is -2.62. The van der Waals surface area contributed by atoms with Gasteiger partial charge in [0.1, 0.15) is 17.8 Å². The number of aliphatic hydroxyl groups excluding tert-OH is 1. The van der Waals surface area contributed by atoms with Crippen LogP contribution in [0.5, 0.6) is 0 Å². The molecule has 1 fully saturated rings. The summed E-state index contributed by atoms with van der Waals surface area (Å²) in [6.07, 6.45) is -0.462. The number of benzene rings is 2. The van der Waals surface area contributed by atoms with Crippen molar-refractivity contribution in [3.8, 4) is 0 Å². The van der Waals surface area contributed by atoms with E-state index in [2.05, 4.69) is 15.2 Å². The average Bonchev–Trinajstić information content (AvgIpc) is 3.19. The van der Waals surface area contributed by atoms with Crippen LogP contribution in [0.25, 0.3) is 10.9 Å². The summed E-state index contributed by atoms with van der Waals surface area (Å²) in [5, 5.41) is 13.5. The molecule has 0 bridgehead atoms. The molecule has 0 amide bonds. The fourth-order valence-electron chi connectivity index (χ4n) is 5.68. The summed E-state index contributed by atoms with van der Waals surface area (Å²) in [4.78, 5) is 7.17. The third kappa shape index (κ3) is 4.71. The van der Waals surface area contributed by atoms with Gasteiger partial charge < -0.3 is 15.4 Å². The third-order valence-electron chi connectivity index (χ3n) is 7.41. The van der Waals surface area contributed by atoms with Crippen molar-refractivity contribution in [2.75, 3.05) is 44.8 Å². The van der Waals surface area contributed by atoms with Crippen LogP contribution in [-0.4, -0.2) is 77.6 Å². The van der Waals surface area contributed by atoms with E-state index in [1.165, 1.54) is 12.1 Å². The first-order chi connectivity index (χ1) is 17.4. The van der Waals surface area contributed by atoms with Crippen LogP contribution in [0.3, 0.4) is 0 Å². The predicted molar refractivity (Wildman–Crippen MR) is 133 cm³/mol. The number of nitrogens with zero attached hydrogens (tertiary/aromatic N) is 2. The number of rotatable bonds is 9. The SMILES string of the molecule is C[C@@H]1Cc2c([nH]c3ccccc23)[C@@H](c2c(F)cc(NC3CN(CCCF)C3)cc2F)N1C[C@@H](F)CO. The first-order valence-electron chi connectivity index (χ1n) is 12.5. The van der Waals surface area contributed by atoms with Gasteiger partial charge in [0.2, 0.25) is 0 Å². The molecular formula is C27H32F4N4O. The lowest BCUT2D eigenvalue weighted by Crippen LogP contribution is -2.54. The average molecular weight is 505 g/mol. The Morgan fingerprint density at radius 3 is 2.58 bits per heavy atom. The summed E-state index contributed by atoms with van der Waals surface area (Å²) >= 11 is 0. The van der Waals surface area contributed by atoms with Crippen molar-refractivity contribution in [1.29, 1.82) is 0 Å². The lowest BCUT2D eigenvalue weighted by Gasteiger charge is -2.42. The van der Waals surface area contributed by atoms with Crippen molar-refractivity contribution >= 4 is 16.6 Å². The maximum atomic E-state index is 15.7. The second-order valence-electron chi connectivity index (χ2n) is 9.99. The molecule has 36 heavy (non-hydrogen) atoms. The summed E-state index contributed by atoms with van der Waals surface area (Å²) in [7, 11) is 0. The molecule has 0 unspecified atom stereocenters. The van der Waals surface area contributed by atoms with Crippen LogP contribution < -0.4 is 5.32 Å². The fourth-order valence-corrected chi connectivity index (χ4v) is 5.68. The molecule has 3 atom stereocenters. The summed E-state index contributed by atoms with van der Waals surface area (Å²) in [6.45, 7) is 2.80. The van der Waals surface area contributed by atoms with Gasteiger partial charge in [0.05, 0.1) is 25.4 Å². The second kappa shape index (κ2) is 10.4. The Morgan fingerprint density at radius 2 is 1.89 bits per heavy atom. The lowest BCUT2D eigenvalue weighted by molar-refractivity contribution is 0.0750. The van der Waals surface area contributed by atoms with Crippen molar-refractivity contribution in [1.82, 2.24) is 14.8 Å². The number of likely N-dealkylation sites (tertiary alicyclic amines) is 1. The largest absolute Gasteiger partial charge is 0.393 e. The highest BCUT2D eigenvalue weighted by atomic mass is 19.1. The zero-order valence-electron chi connectivity index (χ0n) is 20.3. The minimum Gasteiger partial charge on any atom is -0.393 e. The normalized spacial score (nSPS) is 21.9. The van der Waals surface area contributed by atoms with E-state index in [1.54, 1.807) is 4.90 Å². The lowest BCUT2D eigenvalue weighted by atomic mass is 9.87. The highest BCUT2D eigenvalue weighted by Gasteiger charge is 2.39. The molecule has 0 radical (unpaired) electrons. The molecule has 2 aliphatic heterocycles. The summed E-state index contributed by atoms with van der Waals surface area (Å²) in [5.74, 6) is -1.42. The molecule has 194 valence electrons. The van der Waals surface area contributed by atoms with Crippen molar-refractivity contribution in [3.63, 3.8) is 0 Å². The van der Waals surface area contributed by atoms with Crippen LogP contribution in [0.15, 0.2) is 36.4 Å². The van der Waals surface area contributed by atoms with Crippen LogP contribution in [0.2, 0.25) is 0 Å². The Bertz CT molecular complexity index is 1190. The quantitative estimate of drug-likeness (QED) is 0.374. The first kappa shape index (κ1) is 25.0. The monoisotopic (exact) mass is 504 g/mol. The number of alkyl halides is 2. The Labute approximate surface area is 208 Å². The number of aromatic amines is 1. The molecule has 3 aromatic rings. The zero-order valence-corrected chi connectivity index (χ0v) is 20.3. The number of H-pyrrole nitrogens is 1. The molecule has 5 nitrogen and oxygen atoms in total. The predicted octanol–water partition coefficient (Wildman–Crippen LogP) is 4.57. The molecule has 2 aromatic carbocycles. The van der Waals surface area contributed by atoms with Gasteiger partial charge in [-0.25, -0.2) is 13.2 Å². The van der Waals surface area contributed by atoms with E-state index in [-0.39, 0.29) is 30.9 Å². The maximum absolute atomic E-state index is 15.7. The molecule has 2 aliphatic rings. The van der Waals surface area contributed by atoms with Gasteiger partial charge in [0, 0.05) is 60.1 Å². The molecule has 0 spiro atoms. The van der Waals surface area contributed by atoms with Gasteiger partial charge in [-0.2, -0.15) is 0 Å². The molecule has 5 rings (SSSR count). The van der Waals surface area contributed by atoms with Gasteiger partial charge >= 0.3 is 0 Å². The molecular weight excluding hydrogens is 472 g/mol. The number of nitrogens with one attached hydrogen (secondary N) is 2. The van der Waals surface area contributed by atoms with Crippen LogP contribution >= 0.6 is 0 Å². The van der Waals surface area contributed by atoms with E-state index in [0.717, 1.165) is 16.5 Å². The molecule has 0 saturated carbocycles. The number of anilines is 1. The van der Waals surface area contributed by atoms with Gasteiger partial charge in [0.25, 0.3) is 0 Å². The smallest absolute Gasteiger partial charge is 0.136 e. The van der Waals surface area contributed by atoms with Gasteiger partial charge in [-0.15, -0.1) is 0 Å². The number of halogens is 4. The van der Waals surface area contributed by atoms with Gasteiger partial charge in [-0.1, -0.05) is 18.2 Å². The first-order valence-corrected chi connectivity index (χ1v) is 12.5. The van der Waals surface area contributed by atoms with Gasteiger partial charge in [0.15, 0.2) is 0 Å². The van der Waals surface area contributed by atoms with Crippen molar-refractivity contribution in [2.45, 2.75) is 44.1 Å². The topological polar surface area (TPSA) is 54.5 Å². The summed E-state index contributed by atoms with van der Waals surface area (Å²) in [5.41, 5.74) is 2.70. The van der Waals surface area contributed by atoms with Gasteiger partial charge in [-0.3, -0.25) is 14.2 Å². The highest BCUT2D eigenvalue weighted by Crippen LogP contribution is 2.43. The van der Waals surface area contributed by atoms with Crippen LogP contribution in [0, 0.1) is 11.6 Å². The van der Waals surface area contributed by atoms with E-state index in [0.29, 0.717) is 43.9 Å². The minimum absolute atomic E-state index is 0.0395. The van der Waals surface area contributed by atoms with Crippen molar-refractivity contribution < 1.29 is 22.7 Å². The number of para-hydroxylation sites is 1. The van der Waals surface area contributed by atoms with E-state index in [4.69, 9.17) is 0 Å². The van der Waals surface area contributed by atoms with E-state index in [9.17, 15) is 13.9 Å². The van der Waals surface area contributed by atoms with E-state index < -0.39 is 30.5 Å². The number of hydrogen-bond donors (Lipinski definition) is 3. The Balaban J connectivity index is 1.48. The zero-order chi connectivity index (χ0) is 25.4. The fraction of sp³-hybridized carbons (Fsp3) is 0.481. The molecule has 9 heteroatoms. The number of fused-ring (bicyclic) bond motifs is 3. The third-order valence-corrected chi connectivity index (χ3v) is 7.41. The molecule has 1 saturated heterocycles. The van der Waals surface area contributed by atoms with E-state index >= 15 is 8.78 Å². The number of hydrogen-bond acceptors (Lipinski definition) is 4. The highest BCUT2D eigenvalue weighted by molar-refractivity contribution is 5.85. The molecule has 1 aromatic heterocycles. The van der Waals surface area contributed by atoms with E-state index in [1.807, 2.05) is 31.2 Å². The Kier molecular flexibility index (Phi) is 7.23. The van der Waals surface area contributed by atoms with Crippen LogP contribution in [0.1, 0.15) is 36.2 Å². The molecule has 3 N–H and O–H groups in total. The van der Waals surface area contributed by atoms with Gasteiger partial charge in [-0.05, 0) is 43.5 Å². The maximum Gasteiger partial charge on any atom is 0.136 e. The van der Waals surface area contributed by atoms with Crippen molar-refractivity contribution in [3.05, 3.63) is 64.9 Å². The number of aromatic nitrogens is 1. The summed E-state index contributed by atoms with van der Waals surface area (Å²) < 4.78 is 58.1. The number of aliphatic hydroxyl groups is 1. The standard InChI is InChI=1S/C27H32F4N4O/c1-16-9-21-20-5-2-3-6-24(20)33-26(21)27(35(16)12-17(29)15-36)25-22(30)10-18(11-23(25)31)32-19-13-34(14-19)8-4-7-28/h2-3,5-6,10-11,16-17,19,27,32-33,36H,4,7-9,12-15H2,1H3/t16-,17-,27-/m1/s1. The minimum atomic E-state index is -1.54. The second-order valence-corrected chi connectivity index (χ2v) is 9.99. The van der Waals surface area contributed by atoms with Crippen LogP contribution in [0.4, 0.5) is 23.2 Å². The van der Waals surface area contributed by atoms with Crippen molar-refractivity contribution in [2.24, 2.45) is 0 Å². The Morgan fingerprint density at radius 1 is 1.17 bits per heavy atom. The molecule has 0 aliphatic carbocycles. The summed E-state index contributed by atoms with van der Waals surface area (Å²) in [6, 6.07) is 9.27. The molecule has 3 heterocycles.